The van der Waals surface area contributed by atoms with E-state index in [4.69, 9.17) is 5.11 Å². The van der Waals surface area contributed by atoms with Gasteiger partial charge in [0.2, 0.25) is 0 Å². The van der Waals surface area contributed by atoms with Gasteiger partial charge in [0.05, 0.1) is 12.3 Å². The second-order valence-corrected chi connectivity index (χ2v) is 2.93. The fourth-order valence-corrected chi connectivity index (χ4v) is 1.26. The number of nitrogens with zero attached hydrogens (tertiary/aromatic N) is 2. The number of nitrogens with one attached hydrogen (secondary N) is 1. The lowest BCUT2D eigenvalue weighted by Crippen LogP contribution is -1.98. The summed E-state index contributed by atoms with van der Waals surface area (Å²) in [5, 5.41) is 8.75. The monoisotopic (exact) mass is 189 g/mol. The smallest absolute Gasteiger partial charge is 0.131 e. The van der Waals surface area contributed by atoms with Gasteiger partial charge in [0.1, 0.15) is 5.82 Å². The molecule has 2 aromatic rings. The van der Waals surface area contributed by atoms with Gasteiger partial charge in [0, 0.05) is 30.6 Å². The minimum atomic E-state index is 0.0800. The number of hydrogen-bond acceptors (Lipinski definition) is 3. The zero-order valence-corrected chi connectivity index (χ0v) is 7.64. The SMILES string of the molecule is OCCc1nccc(-c2cc[nH]c2)n1. The molecular formula is C10H11N3O. The number of aliphatic hydroxyl groups is 1. The normalized spacial score (nSPS) is 10.4. The highest BCUT2D eigenvalue weighted by Gasteiger charge is 2.01. The van der Waals surface area contributed by atoms with Crippen LogP contribution in [0.5, 0.6) is 0 Å². The summed E-state index contributed by atoms with van der Waals surface area (Å²) in [5.74, 6) is 0.672. The molecule has 0 saturated heterocycles. The number of H-pyrrole nitrogens is 1. The average molecular weight is 189 g/mol. The first-order valence-electron chi connectivity index (χ1n) is 4.46. The van der Waals surface area contributed by atoms with Gasteiger partial charge in [0.25, 0.3) is 0 Å². The largest absolute Gasteiger partial charge is 0.396 e. The Balaban J connectivity index is 2.31. The second-order valence-electron chi connectivity index (χ2n) is 2.93. The third-order valence-electron chi connectivity index (χ3n) is 1.93. The summed E-state index contributed by atoms with van der Waals surface area (Å²) in [5.41, 5.74) is 1.91. The molecule has 0 spiro atoms. The zero-order valence-electron chi connectivity index (χ0n) is 7.64. The first-order valence-corrected chi connectivity index (χ1v) is 4.46. The van der Waals surface area contributed by atoms with Crippen LogP contribution in [0.2, 0.25) is 0 Å². The van der Waals surface area contributed by atoms with Crippen LogP contribution in [0.3, 0.4) is 0 Å². The van der Waals surface area contributed by atoms with Crippen molar-refractivity contribution in [1.29, 1.82) is 0 Å². The molecule has 0 bridgehead atoms. The molecule has 0 aliphatic heterocycles. The van der Waals surface area contributed by atoms with Gasteiger partial charge in [-0.25, -0.2) is 9.97 Å². The van der Waals surface area contributed by atoms with Gasteiger partial charge in [0.15, 0.2) is 0 Å². The number of aliphatic hydroxyl groups excluding tert-OH is 1. The summed E-state index contributed by atoms with van der Waals surface area (Å²) in [6.07, 6.45) is 5.94. The van der Waals surface area contributed by atoms with Crippen molar-refractivity contribution in [3.8, 4) is 11.3 Å². The third kappa shape index (κ3) is 1.80. The first-order chi connectivity index (χ1) is 6.90. The molecule has 0 aliphatic rings. The summed E-state index contributed by atoms with van der Waals surface area (Å²) in [6.45, 7) is 0.0800. The van der Waals surface area contributed by atoms with Crippen LogP contribution >= 0.6 is 0 Å². The molecule has 2 N–H and O–H groups in total. The highest BCUT2D eigenvalue weighted by Crippen LogP contribution is 2.14. The lowest BCUT2D eigenvalue weighted by Gasteiger charge is -1.99. The van der Waals surface area contributed by atoms with Gasteiger partial charge >= 0.3 is 0 Å². The third-order valence-corrected chi connectivity index (χ3v) is 1.93. The van der Waals surface area contributed by atoms with Crippen LogP contribution in [0.15, 0.2) is 30.7 Å². The van der Waals surface area contributed by atoms with Crippen LogP contribution in [-0.4, -0.2) is 26.7 Å². The lowest BCUT2D eigenvalue weighted by molar-refractivity contribution is 0.296. The van der Waals surface area contributed by atoms with Crippen molar-refractivity contribution >= 4 is 0 Å². The Hall–Kier alpha value is -1.68. The van der Waals surface area contributed by atoms with E-state index in [0.29, 0.717) is 12.2 Å². The predicted molar refractivity (Wildman–Crippen MR) is 52.6 cm³/mol. The van der Waals surface area contributed by atoms with E-state index < -0.39 is 0 Å². The second kappa shape index (κ2) is 4.02. The van der Waals surface area contributed by atoms with Crippen molar-refractivity contribution in [2.45, 2.75) is 6.42 Å². The summed E-state index contributed by atoms with van der Waals surface area (Å²) in [6, 6.07) is 3.80. The van der Waals surface area contributed by atoms with Crippen LogP contribution in [0.25, 0.3) is 11.3 Å². The van der Waals surface area contributed by atoms with Crippen LogP contribution < -0.4 is 0 Å². The Kier molecular flexibility index (Phi) is 2.55. The van der Waals surface area contributed by atoms with E-state index in [0.717, 1.165) is 11.3 Å². The molecule has 0 atom stereocenters. The zero-order chi connectivity index (χ0) is 9.80. The van der Waals surface area contributed by atoms with Crippen molar-refractivity contribution < 1.29 is 5.11 Å². The minimum Gasteiger partial charge on any atom is -0.396 e. The predicted octanol–water partition coefficient (Wildman–Crippen LogP) is 1.01. The van der Waals surface area contributed by atoms with E-state index in [-0.39, 0.29) is 6.61 Å². The van der Waals surface area contributed by atoms with Crippen molar-refractivity contribution in [3.63, 3.8) is 0 Å². The van der Waals surface area contributed by atoms with E-state index in [9.17, 15) is 0 Å². The molecule has 0 amide bonds. The van der Waals surface area contributed by atoms with Crippen molar-refractivity contribution in [2.75, 3.05) is 6.61 Å². The van der Waals surface area contributed by atoms with Gasteiger partial charge in [-0.05, 0) is 12.1 Å². The van der Waals surface area contributed by atoms with E-state index in [1.807, 2.05) is 24.5 Å². The van der Waals surface area contributed by atoms with E-state index in [1.54, 1.807) is 6.20 Å². The molecule has 72 valence electrons. The van der Waals surface area contributed by atoms with Gasteiger partial charge in [-0.1, -0.05) is 0 Å². The van der Waals surface area contributed by atoms with Crippen LogP contribution in [0.4, 0.5) is 0 Å². The molecule has 4 heteroatoms. The maximum Gasteiger partial charge on any atom is 0.131 e. The van der Waals surface area contributed by atoms with E-state index >= 15 is 0 Å². The number of aromatic nitrogens is 3. The summed E-state index contributed by atoms with van der Waals surface area (Å²) < 4.78 is 0. The van der Waals surface area contributed by atoms with E-state index in [1.165, 1.54) is 0 Å². The van der Waals surface area contributed by atoms with Gasteiger partial charge in [-0.3, -0.25) is 0 Å². The molecule has 14 heavy (non-hydrogen) atoms. The topological polar surface area (TPSA) is 61.8 Å². The number of aromatic amines is 1. The Bertz CT molecular complexity index is 398. The highest BCUT2D eigenvalue weighted by atomic mass is 16.3. The molecule has 0 unspecified atom stereocenters. The number of rotatable bonds is 3. The van der Waals surface area contributed by atoms with Crippen LogP contribution in [0, 0.1) is 0 Å². The Morgan fingerprint density at radius 3 is 3.00 bits per heavy atom. The Labute approximate surface area is 81.7 Å². The summed E-state index contributed by atoms with van der Waals surface area (Å²) >= 11 is 0. The quantitative estimate of drug-likeness (QED) is 0.757. The molecular weight excluding hydrogens is 178 g/mol. The molecule has 0 saturated carbocycles. The maximum absolute atomic E-state index is 8.75. The molecule has 2 heterocycles. The molecule has 0 aliphatic carbocycles. The van der Waals surface area contributed by atoms with Crippen molar-refractivity contribution in [1.82, 2.24) is 15.0 Å². The van der Waals surface area contributed by atoms with Crippen molar-refractivity contribution in [2.24, 2.45) is 0 Å². The Morgan fingerprint density at radius 1 is 1.36 bits per heavy atom. The molecule has 4 nitrogen and oxygen atoms in total. The first kappa shape index (κ1) is 8.90. The molecule has 2 aromatic heterocycles. The standard InChI is InChI=1S/C10H11N3O/c14-6-3-10-12-5-2-9(13-10)8-1-4-11-7-8/h1-2,4-5,7,11,14H,3,6H2. The van der Waals surface area contributed by atoms with Gasteiger partial charge in [-0.15, -0.1) is 0 Å². The van der Waals surface area contributed by atoms with Crippen molar-refractivity contribution in [3.05, 3.63) is 36.5 Å². The van der Waals surface area contributed by atoms with Gasteiger partial charge in [-0.2, -0.15) is 0 Å². The summed E-state index contributed by atoms with van der Waals surface area (Å²) in [4.78, 5) is 11.3. The Morgan fingerprint density at radius 2 is 2.29 bits per heavy atom. The average Bonchev–Trinajstić information content (AvgIpc) is 2.71. The molecule has 2 rings (SSSR count). The fourth-order valence-electron chi connectivity index (χ4n) is 1.26. The molecule has 0 aromatic carbocycles. The van der Waals surface area contributed by atoms with Gasteiger partial charge < -0.3 is 10.1 Å². The van der Waals surface area contributed by atoms with E-state index in [2.05, 4.69) is 15.0 Å². The maximum atomic E-state index is 8.75. The minimum absolute atomic E-state index is 0.0800. The fraction of sp³-hybridized carbons (Fsp3) is 0.200. The van der Waals surface area contributed by atoms with Crippen LogP contribution in [-0.2, 0) is 6.42 Å². The molecule has 0 fully saturated rings. The highest BCUT2D eigenvalue weighted by molar-refractivity contribution is 5.57. The molecule has 0 radical (unpaired) electrons. The number of hydrogen-bond donors (Lipinski definition) is 2. The lowest BCUT2D eigenvalue weighted by atomic mass is 10.2. The van der Waals surface area contributed by atoms with Crippen LogP contribution in [0.1, 0.15) is 5.82 Å². The summed E-state index contributed by atoms with van der Waals surface area (Å²) in [7, 11) is 0.